The predicted molar refractivity (Wildman–Crippen MR) is 77.6 cm³/mol. The summed E-state index contributed by atoms with van der Waals surface area (Å²) in [6.07, 6.45) is -0.547. The lowest BCUT2D eigenvalue weighted by Gasteiger charge is -2.31. The van der Waals surface area contributed by atoms with E-state index in [4.69, 9.17) is 16.3 Å². The van der Waals surface area contributed by atoms with Crippen molar-refractivity contribution in [2.45, 2.75) is 12.1 Å². The highest BCUT2D eigenvalue weighted by Crippen LogP contribution is 2.35. The summed E-state index contributed by atoms with van der Waals surface area (Å²) in [5.41, 5.74) is 2.98. The van der Waals surface area contributed by atoms with Crippen molar-refractivity contribution in [3.63, 3.8) is 0 Å². The van der Waals surface area contributed by atoms with Gasteiger partial charge in [-0.1, -0.05) is 48.0 Å². The SMILES string of the molecule is CO[C@@H]1C(=O)NC(c2ccc(Cl)cc2)c2ccccc21. The average molecular weight is 288 g/mol. The van der Waals surface area contributed by atoms with Gasteiger partial charge in [0.25, 0.3) is 5.91 Å². The highest BCUT2D eigenvalue weighted by molar-refractivity contribution is 6.30. The molecule has 0 saturated heterocycles. The molecule has 1 heterocycles. The average Bonchev–Trinajstić information content (AvgIpc) is 2.47. The molecule has 1 unspecified atom stereocenters. The fraction of sp³-hybridized carbons (Fsp3) is 0.188. The second-order valence-electron chi connectivity index (χ2n) is 4.74. The minimum atomic E-state index is -0.547. The van der Waals surface area contributed by atoms with Crippen molar-refractivity contribution in [3.05, 3.63) is 70.2 Å². The van der Waals surface area contributed by atoms with Gasteiger partial charge in [-0.15, -0.1) is 0 Å². The number of benzene rings is 2. The molecule has 0 saturated carbocycles. The second kappa shape index (κ2) is 5.27. The van der Waals surface area contributed by atoms with Crippen LogP contribution >= 0.6 is 11.6 Å². The Hall–Kier alpha value is -1.84. The topological polar surface area (TPSA) is 38.3 Å². The third kappa shape index (κ3) is 2.19. The fourth-order valence-electron chi connectivity index (χ4n) is 2.60. The molecule has 3 rings (SSSR count). The van der Waals surface area contributed by atoms with Crippen LogP contribution in [0.2, 0.25) is 5.02 Å². The maximum atomic E-state index is 12.2. The Balaban J connectivity index is 2.09. The highest BCUT2D eigenvalue weighted by Gasteiger charge is 2.33. The van der Waals surface area contributed by atoms with Crippen LogP contribution in [0.3, 0.4) is 0 Å². The second-order valence-corrected chi connectivity index (χ2v) is 5.17. The Morgan fingerprint density at radius 2 is 1.70 bits per heavy atom. The Bertz CT molecular complexity index is 639. The summed E-state index contributed by atoms with van der Waals surface area (Å²) >= 11 is 5.92. The maximum Gasteiger partial charge on any atom is 0.254 e. The molecule has 1 aliphatic rings. The number of nitrogens with one attached hydrogen (secondary N) is 1. The zero-order chi connectivity index (χ0) is 14.1. The Morgan fingerprint density at radius 3 is 2.35 bits per heavy atom. The number of fused-ring (bicyclic) bond motifs is 1. The van der Waals surface area contributed by atoms with Gasteiger partial charge >= 0.3 is 0 Å². The number of rotatable bonds is 2. The molecule has 1 amide bonds. The minimum absolute atomic E-state index is 0.119. The number of carbonyl (C=O) groups excluding carboxylic acids is 1. The lowest BCUT2D eigenvalue weighted by Crippen LogP contribution is -2.39. The summed E-state index contributed by atoms with van der Waals surface area (Å²) in [6.45, 7) is 0. The molecule has 0 bridgehead atoms. The number of hydrogen-bond acceptors (Lipinski definition) is 2. The van der Waals surface area contributed by atoms with Crippen molar-refractivity contribution < 1.29 is 9.53 Å². The van der Waals surface area contributed by atoms with Gasteiger partial charge in [0, 0.05) is 12.1 Å². The number of ether oxygens (including phenoxy) is 1. The molecule has 0 aliphatic carbocycles. The van der Waals surface area contributed by atoms with E-state index in [1.807, 2.05) is 48.5 Å². The molecule has 0 radical (unpaired) electrons. The van der Waals surface area contributed by atoms with E-state index in [9.17, 15) is 4.79 Å². The lowest BCUT2D eigenvalue weighted by atomic mass is 9.88. The van der Waals surface area contributed by atoms with Crippen molar-refractivity contribution in [2.75, 3.05) is 7.11 Å². The van der Waals surface area contributed by atoms with Gasteiger partial charge in [-0.25, -0.2) is 0 Å². The van der Waals surface area contributed by atoms with Gasteiger partial charge in [-0.3, -0.25) is 4.79 Å². The third-order valence-corrected chi connectivity index (χ3v) is 3.81. The molecule has 3 nitrogen and oxygen atoms in total. The van der Waals surface area contributed by atoms with Crippen molar-refractivity contribution in [2.24, 2.45) is 0 Å². The molecule has 0 aromatic heterocycles. The van der Waals surface area contributed by atoms with Gasteiger partial charge in [0.1, 0.15) is 0 Å². The molecule has 20 heavy (non-hydrogen) atoms. The van der Waals surface area contributed by atoms with Crippen LogP contribution in [-0.4, -0.2) is 13.0 Å². The summed E-state index contributed by atoms with van der Waals surface area (Å²) in [5.74, 6) is -0.119. The number of hydrogen-bond donors (Lipinski definition) is 1. The predicted octanol–water partition coefficient (Wildman–Crippen LogP) is 3.25. The van der Waals surface area contributed by atoms with Gasteiger partial charge in [0.15, 0.2) is 6.10 Å². The molecule has 102 valence electrons. The van der Waals surface area contributed by atoms with Crippen LogP contribution < -0.4 is 5.32 Å². The van der Waals surface area contributed by atoms with E-state index in [1.54, 1.807) is 7.11 Å². The van der Waals surface area contributed by atoms with Crippen LogP contribution in [0.15, 0.2) is 48.5 Å². The number of amides is 1. The van der Waals surface area contributed by atoms with Gasteiger partial charge in [0.2, 0.25) is 0 Å². The highest BCUT2D eigenvalue weighted by atomic mass is 35.5. The number of methoxy groups -OCH3 is 1. The summed E-state index contributed by atoms with van der Waals surface area (Å²) in [4.78, 5) is 12.2. The van der Waals surface area contributed by atoms with E-state index in [1.165, 1.54) is 0 Å². The first-order valence-corrected chi connectivity index (χ1v) is 6.76. The van der Waals surface area contributed by atoms with E-state index in [0.29, 0.717) is 5.02 Å². The summed E-state index contributed by atoms with van der Waals surface area (Å²) in [7, 11) is 1.55. The molecular weight excluding hydrogens is 274 g/mol. The van der Waals surface area contributed by atoms with Gasteiger partial charge in [0.05, 0.1) is 6.04 Å². The van der Waals surface area contributed by atoms with Gasteiger partial charge in [-0.2, -0.15) is 0 Å². The lowest BCUT2D eigenvalue weighted by molar-refractivity contribution is -0.133. The standard InChI is InChI=1S/C16H14ClNO2/c1-20-15-13-5-3-2-4-12(13)14(18-16(15)19)10-6-8-11(17)9-7-10/h2-9,14-15H,1H3,(H,18,19)/t14?,15-/m0/s1. The summed E-state index contributed by atoms with van der Waals surface area (Å²) in [5, 5.41) is 3.68. The van der Waals surface area contributed by atoms with E-state index in [0.717, 1.165) is 16.7 Å². The first-order valence-electron chi connectivity index (χ1n) is 6.38. The molecule has 2 aromatic rings. The van der Waals surface area contributed by atoms with Crippen molar-refractivity contribution in [1.82, 2.24) is 5.32 Å². The Labute approximate surface area is 122 Å². The van der Waals surface area contributed by atoms with Crippen LogP contribution in [-0.2, 0) is 9.53 Å². The molecule has 1 aliphatic heterocycles. The fourth-order valence-corrected chi connectivity index (χ4v) is 2.73. The smallest absolute Gasteiger partial charge is 0.254 e. The molecule has 2 atom stereocenters. The summed E-state index contributed by atoms with van der Waals surface area (Å²) < 4.78 is 5.30. The van der Waals surface area contributed by atoms with Crippen molar-refractivity contribution >= 4 is 17.5 Å². The van der Waals surface area contributed by atoms with Gasteiger partial charge in [-0.05, 0) is 28.8 Å². The first-order chi connectivity index (χ1) is 9.70. The molecule has 0 fully saturated rings. The van der Waals surface area contributed by atoms with E-state index in [2.05, 4.69) is 5.32 Å². The maximum absolute atomic E-state index is 12.2. The molecule has 1 N–H and O–H groups in total. The quantitative estimate of drug-likeness (QED) is 0.921. The van der Waals surface area contributed by atoms with Crippen molar-refractivity contribution in [3.8, 4) is 0 Å². The molecule has 0 spiro atoms. The Kier molecular flexibility index (Phi) is 3.47. The number of carbonyl (C=O) groups is 1. The van der Waals surface area contributed by atoms with Crippen molar-refractivity contribution in [1.29, 1.82) is 0 Å². The molecule has 2 aromatic carbocycles. The first kappa shape index (κ1) is 13.2. The van der Waals surface area contributed by atoms with Crippen LogP contribution in [0, 0.1) is 0 Å². The molecular formula is C16H14ClNO2. The third-order valence-electron chi connectivity index (χ3n) is 3.55. The van der Waals surface area contributed by atoms with Crippen LogP contribution in [0.4, 0.5) is 0 Å². The molecule has 4 heteroatoms. The zero-order valence-corrected chi connectivity index (χ0v) is 11.7. The van der Waals surface area contributed by atoms with Crippen LogP contribution in [0.5, 0.6) is 0 Å². The largest absolute Gasteiger partial charge is 0.367 e. The van der Waals surface area contributed by atoms with Crippen LogP contribution in [0.1, 0.15) is 28.8 Å². The van der Waals surface area contributed by atoms with E-state index >= 15 is 0 Å². The zero-order valence-electron chi connectivity index (χ0n) is 11.0. The minimum Gasteiger partial charge on any atom is -0.367 e. The van der Waals surface area contributed by atoms with Gasteiger partial charge < -0.3 is 10.1 Å². The summed E-state index contributed by atoms with van der Waals surface area (Å²) in [6, 6.07) is 15.2. The van der Waals surface area contributed by atoms with E-state index < -0.39 is 6.10 Å². The van der Waals surface area contributed by atoms with Crippen LogP contribution in [0.25, 0.3) is 0 Å². The normalized spacial score (nSPS) is 21.2. The van der Waals surface area contributed by atoms with E-state index in [-0.39, 0.29) is 11.9 Å². The monoisotopic (exact) mass is 287 g/mol. The Morgan fingerprint density at radius 1 is 1.05 bits per heavy atom. The number of halogens is 1.